The molecule has 0 aliphatic rings. The fraction of sp³-hybridized carbons (Fsp3) is 0.368. The average molecular weight is 314 g/mol. The molecule has 0 radical (unpaired) electrons. The van der Waals surface area contributed by atoms with Crippen LogP contribution in [0.3, 0.4) is 0 Å². The quantitative estimate of drug-likeness (QED) is 0.569. The van der Waals surface area contributed by atoms with Crippen LogP contribution in [0.1, 0.15) is 43.5 Å². The number of hydrogen-bond donors (Lipinski definition) is 0. The molecule has 0 atom stereocenters. The summed E-state index contributed by atoms with van der Waals surface area (Å²) in [5.41, 5.74) is 0.599. The Morgan fingerprint density at radius 3 is 2.48 bits per heavy atom. The molecule has 122 valence electrons. The van der Waals surface area contributed by atoms with Crippen LogP contribution in [-0.4, -0.2) is 25.0 Å². The smallest absolute Gasteiger partial charge is 0.305 e. The summed E-state index contributed by atoms with van der Waals surface area (Å²) in [6.07, 6.45) is 0.985. The maximum absolute atomic E-state index is 12.7. The first-order valence-electron chi connectivity index (χ1n) is 7.81. The Morgan fingerprint density at radius 1 is 1.04 bits per heavy atom. The van der Waals surface area contributed by atoms with E-state index in [0.29, 0.717) is 17.7 Å². The number of ketones is 1. The number of hydrogen-bond acceptors (Lipinski definition) is 4. The second kappa shape index (κ2) is 7.77. The van der Waals surface area contributed by atoms with Gasteiger partial charge < -0.3 is 9.47 Å². The standard InChI is InChI=1S/C19H22O4/c1-13(2)23-17-12-11-14-7-4-5-8-15(14)19(17)16(20)9-6-10-18(21)22-3/h4-5,7-8,11-13H,6,9-10H2,1-3H3. The topological polar surface area (TPSA) is 52.6 Å². The molecular formula is C19H22O4. The molecule has 0 saturated heterocycles. The molecule has 0 aromatic heterocycles. The first-order chi connectivity index (χ1) is 11.0. The molecule has 0 saturated carbocycles. The Bertz CT molecular complexity index is 704. The number of rotatable bonds is 7. The van der Waals surface area contributed by atoms with Gasteiger partial charge in [-0.2, -0.15) is 0 Å². The van der Waals surface area contributed by atoms with E-state index in [0.717, 1.165) is 10.8 Å². The van der Waals surface area contributed by atoms with Crippen molar-refractivity contribution < 1.29 is 19.1 Å². The molecular weight excluding hydrogens is 292 g/mol. The number of Topliss-reactive ketones (excluding diaryl/α,β-unsaturated/α-hetero) is 1. The minimum absolute atomic E-state index is 0.0126. The van der Waals surface area contributed by atoms with E-state index in [1.807, 2.05) is 50.2 Å². The molecule has 2 aromatic carbocycles. The third kappa shape index (κ3) is 4.31. The summed E-state index contributed by atoms with van der Waals surface area (Å²) >= 11 is 0. The largest absolute Gasteiger partial charge is 0.490 e. The Balaban J connectivity index is 2.31. The molecule has 4 nitrogen and oxygen atoms in total. The molecule has 0 bridgehead atoms. The van der Waals surface area contributed by atoms with E-state index in [4.69, 9.17) is 4.74 Å². The molecule has 0 N–H and O–H groups in total. The summed E-state index contributed by atoms with van der Waals surface area (Å²) in [7, 11) is 1.35. The number of ether oxygens (including phenoxy) is 2. The number of carbonyl (C=O) groups excluding carboxylic acids is 2. The maximum Gasteiger partial charge on any atom is 0.305 e. The summed E-state index contributed by atoms with van der Waals surface area (Å²) in [4.78, 5) is 23.9. The third-order valence-corrected chi connectivity index (χ3v) is 3.54. The lowest BCUT2D eigenvalue weighted by Crippen LogP contribution is -2.11. The predicted octanol–water partition coefficient (Wildman–Crippen LogP) is 4.15. The van der Waals surface area contributed by atoms with Crippen molar-refractivity contribution in [2.75, 3.05) is 7.11 Å². The van der Waals surface area contributed by atoms with Gasteiger partial charge in [-0.3, -0.25) is 9.59 Å². The van der Waals surface area contributed by atoms with Gasteiger partial charge in [0.25, 0.3) is 0 Å². The number of benzene rings is 2. The zero-order valence-electron chi connectivity index (χ0n) is 13.8. The van der Waals surface area contributed by atoms with Crippen LogP contribution in [0.5, 0.6) is 5.75 Å². The van der Waals surface area contributed by atoms with E-state index in [9.17, 15) is 9.59 Å². The van der Waals surface area contributed by atoms with Gasteiger partial charge in [-0.25, -0.2) is 0 Å². The summed E-state index contributed by atoms with van der Waals surface area (Å²) < 4.78 is 10.4. The van der Waals surface area contributed by atoms with Crippen molar-refractivity contribution in [2.24, 2.45) is 0 Å². The van der Waals surface area contributed by atoms with Gasteiger partial charge in [0.2, 0.25) is 0 Å². The van der Waals surface area contributed by atoms with Gasteiger partial charge in [0.05, 0.1) is 18.8 Å². The minimum Gasteiger partial charge on any atom is -0.490 e. The molecule has 4 heteroatoms. The Morgan fingerprint density at radius 2 is 1.78 bits per heavy atom. The number of carbonyl (C=O) groups is 2. The van der Waals surface area contributed by atoms with Crippen molar-refractivity contribution in [3.8, 4) is 5.75 Å². The van der Waals surface area contributed by atoms with Crippen molar-refractivity contribution in [3.05, 3.63) is 42.0 Å². The molecule has 0 spiro atoms. The zero-order valence-corrected chi connectivity index (χ0v) is 13.8. The second-order valence-corrected chi connectivity index (χ2v) is 5.68. The molecule has 0 aliphatic heterocycles. The van der Waals surface area contributed by atoms with E-state index in [-0.39, 0.29) is 30.7 Å². The van der Waals surface area contributed by atoms with E-state index >= 15 is 0 Å². The first kappa shape index (κ1) is 17.0. The van der Waals surface area contributed by atoms with Gasteiger partial charge in [-0.1, -0.05) is 30.3 Å². The lowest BCUT2D eigenvalue weighted by molar-refractivity contribution is -0.140. The average Bonchev–Trinajstić information content (AvgIpc) is 2.53. The molecule has 0 fully saturated rings. The van der Waals surface area contributed by atoms with E-state index in [1.54, 1.807) is 0 Å². The molecule has 0 aliphatic carbocycles. The molecule has 2 aromatic rings. The van der Waals surface area contributed by atoms with Crippen LogP contribution < -0.4 is 4.74 Å². The molecule has 2 rings (SSSR count). The molecule has 0 unspecified atom stereocenters. The first-order valence-corrected chi connectivity index (χ1v) is 7.81. The van der Waals surface area contributed by atoms with E-state index in [1.165, 1.54) is 7.11 Å². The summed E-state index contributed by atoms with van der Waals surface area (Å²) in [5, 5.41) is 1.88. The highest BCUT2D eigenvalue weighted by Crippen LogP contribution is 2.30. The van der Waals surface area contributed by atoms with Gasteiger partial charge in [-0.15, -0.1) is 0 Å². The van der Waals surface area contributed by atoms with Crippen molar-refractivity contribution in [3.63, 3.8) is 0 Å². The highest BCUT2D eigenvalue weighted by atomic mass is 16.5. The minimum atomic E-state index is -0.297. The summed E-state index contributed by atoms with van der Waals surface area (Å²) in [6.45, 7) is 3.86. The fourth-order valence-electron chi connectivity index (χ4n) is 2.51. The van der Waals surface area contributed by atoms with Crippen LogP contribution >= 0.6 is 0 Å². The lowest BCUT2D eigenvalue weighted by atomic mass is 9.97. The molecule has 0 heterocycles. The second-order valence-electron chi connectivity index (χ2n) is 5.68. The normalized spacial score (nSPS) is 10.8. The Labute approximate surface area is 136 Å². The number of esters is 1. The van der Waals surface area contributed by atoms with Crippen LogP contribution in [-0.2, 0) is 9.53 Å². The van der Waals surface area contributed by atoms with Gasteiger partial charge in [0.15, 0.2) is 5.78 Å². The Kier molecular flexibility index (Phi) is 5.74. The van der Waals surface area contributed by atoms with Crippen molar-refractivity contribution in [1.29, 1.82) is 0 Å². The maximum atomic E-state index is 12.7. The monoisotopic (exact) mass is 314 g/mol. The van der Waals surface area contributed by atoms with E-state index in [2.05, 4.69) is 4.74 Å². The SMILES string of the molecule is COC(=O)CCCC(=O)c1c(OC(C)C)ccc2ccccc12. The van der Waals surface area contributed by atoms with Crippen molar-refractivity contribution >= 4 is 22.5 Å². The Hall–Kier alpha value is -2.36. The van der Waals surface area contributed by atoms with Crippen molar-refractivity contribution in [2.45, 2.75) is 39.2 Å². The van der Waals surface area contributed by atoms with Gasteiger partial charge >= 0.3 is 5.97 Å². The van der Waals surface area contributed by atoms with Gasteiger partial charge in [-0.05, 0) is 37.1 Å². The van der Waals surface area contributed by atoms with Crippen LogP contribution in [0.15, 0.2) is 36.4 Å². The third-order valence-electron chi connectivity index (χ3n) is 3.54. The van der Waals surface area contributed by atoms with Crippen LogP contribution in [0.25, 0.3) is 10.8 Å². The van der Waals surface area contributed by atoms with Crippen LogP contribution in [0.4, 0.5) is 0 Å². The van der Waals surface area contributed by atoms with Crippen molar-refractivity contribution in [1.82, 2.24) is 0 Å². The molecule has 0 amide bonds. The molecule has 23 heavy (non-hydrogen) atoms. The zero-order chi connectivity index (χ0) is 16.8. The fourth-order valence-corrected chi connectivity index (χ4v) is 2.51. The lowest BCUT2D eigenvalue weighted by Gasteiger charge is -2.16. The van der Waals surface area contributed by atoms with Crippen LogP contribution in [0.2, 0.25) is 0 Å². The van der Waals surface area contributed by atoms with Gasteiger partial charge in [0.1, 0.15) is 5.75 Å². The number of fused-ring (bicyclic) bond motifs is 1. The van der Waals surface area contributed by atoms with E-state index < -0.39 is 0 Å². The van der Waals surface area contributed by atoms with Gasteiger partial charge in [0, 0.05) is 12.8 Å². The summed E-state index contributed by atoms with van der Waals surface area (Å²) in [5.74, 6) is 0.289. The number of methoxy groups -OCH3 is 1. The summed E-state index contributed by atoms with van der Waals surface area (Å²) in [6, 6.07) is 11.5. The van der Waals surface area contributed by atoms with Crippen LogP contribution in [0, 0.1) is 0 Å². The predicted molar refractivity (Wildman–Crippen MR) is 89.9 cm³/mol. The highest BCUT2D eigenvalue weighted by molar-refractivity contribution is 6.10. The highest BCUT2D eigenvalue weighted by Gasteiger charge is 2.17.